The third-order valence-corrected chi connectivity index (χ3v) is 3.71. The molecule has 104 valence electrons. The van der Waals surface area contributed by atoms with Crippen LogP contribution in [0.1, 0.15) is 16.9 Å². The van der Waals surface area contributed by atoms with Crippen LogP contribution in [0.2, 0.25) is 0 Å². The van der Waals surface area contributed by atoms with E-state index in [4.69, 9.17) is 14.9 Å². The fourth-order valence-electron chi connectivity index (χ4n) is 1.75. The van der Waals surface area contributed by atoms with Crippen molar-refractivity contribution in [2.24, 2.45) is 5.73 Å². The van der Waals surface area contributed by atoms with E-state index in [0.29, 0.717) is 6.54 Å². The molecule has 0 amide bonds. The van der Waals surface area contributed by atoms with Crippen molar-refractivity contribution in [3.05, 3.63) is 53.5 Å². The first kappa shape index (κ1) is 14.6. The van der Waals surface area contributed by atoms with E-state index in [0.717, 1.165) is 28.6 Å². The Morgan fingerprint density at radius 1 is 1.30 bits per heavy atom. The van der Waals surface area contributed by atoms with Crippen molar-refractivity contribution in [2.75, 3.05) is 13.7 Å². The summed E-state index contributed by atoms with van der Waals surface area (Å²) in [5.41, 5.74) is 7.51. The van der Waals surface area contributed by atoms with Gasteiger partial charge in [0.15, 0.2) is 0 Å². The molecule has 0 aliphatic rings. The van der Waals surface area contributed by atoms with E-state index in [1.54, 1.807) is 25.1 Å². The van der Waals surface area contributed by atoms with Crippen LogP contribution in [0.4, 0.5) is 0 Å². The highest BCUT2D eigenvalue weighted by Gasteiger charge is 2.03. The topological polar surface area (TPSA) is 48.4 Å². The van der Waals surface area contributed by atoms with Gasteiger partial charge in [0.2, 0.25) is 0 Å². The third-order valence-electron chi connectivity index (χ3n) is 2.68. The second kappa shape index (κ2) is 7.68. The Kier molecular flexibility index (Phi) is 5.60. The highest BCUT2D eigenvalue weighted by molar-refractivity contribution is 7.97. The molecular formula is C16H17NO2S. The van der Waals surface area contributed by atoms with E-state index in [-0.39, 0.29) is 0 Å². The van der Waals surface area contributed by atoms with E-state index in [1.165, 1.54) is 5.56 Å². The quantitative estimate of drug-likeness (QED) is 0.859. The SMILES string of the molecule is COc1ccc(CSCc2ccco2)cc1C#CCN. The zero-order valence-corrected chi connectivity index (χ0v) is 12.2. The summed E-state index contributed by atoms with van der Waals surface area (Å²) < 4.78 is 10.6. The Morgan fingerprint density at radius 3 is 2.90 bits per heavy atom. The van der Waals surface area contributed by atoms with Crippen molar-refractivity contribution < 1.29 is 9.15 Å². The molecule has 2 aromatic rings. The lowest BCUT2D eigenvalue weighted by molar-refractivity contribution is 0.413. The number of hydrogen-bond donors (Lipinski definition) is 1. The van der Waals surface area contributed by atoms with Crippen LogP contribution in [0.3, 0.4) is 0 Å². The maximum Gasteiger partial charge on any atom is 0.134 e. The minimum atomic E-state index is 0.348. The van der Waals surface area contributed by atoms with Crippen molar-refractivity contribution in [3.8, 4) is 17.6 Å². The predicted octanol–water partition coefficient (Wildman–Crippen LogP) is 3.03. The second-order valence-electron chi connectivity index (χ2n) is 4.11. The van der Waals surface area contributed by atoms with Crippen molar-refractivity contribution in [3.63, 3.8) is 0 Å². The van der Waals surface area contributed by atoms with Crippen LogP contribution in [-0.4, -0.2) is 13.7 Å². The highest BCUT2D eigenvalue weighted by atomic mass is 32.2. The summed E-state index contributed by atoms with van der Waals surface area (Å²) in [6, 6.07) is 9.95. The monoisotopic (exact) mass is 287 g/mol. The lowest BCUT2D eigenvalue weighted by atomic mass is 10.1. The third kappa shape index (κ3) is 4.09. The Morgan fingerprint density at radius 2 is 2.20 bits per heavy atom. The van der Waals surface area contributed by atoms with Gasteiger partial charge in [0, 0.05) is 5.75 Å². The molecule has 1 aromatic carbocycles. The van der Waals surface area contributed by atoms with Gasteiger partial charge in [-0.25, -0.2) is 0 Å². The molecule has 0 fully saturated rings. The number of thioether (sulfide) groups is 1. The molecule has 2 N–H and O–H groups in total. The number of benzene rings is 1. The number of nitrogens with two attached hydrogens (primary N) is 1. The maximum absolute atomic E-state index is 5.41. The average molecular weight is 287 g/mol. The average Bonchev–Trinajstić information content (AvgIpc) is 2.98. The van der Waals surface area contributed by atoms with Crippen LogP contribution < -0.4 is 10.5 Å². The molecule has 1 aromatic heterocycles. The van der Waals surface area contributed by atoms with Crippen molar-refractivity contribution in [2.45, 2.75) is 11.5 Å². The lowest BCUT2D eigenvalue weighted by Gasteiger charge is -2.06. The number of furan rings is 1. The second-order valence-corrected chi connectivity index (χ2v) is 5.10. The number of methoxy groups -OCH3 is 1. The Hall–Kier alpha value is -1.83. The molecule has 3 nitrogen and oxygen atoms in total. The van der Waals surface area contributed by atoms with Crippen molar-refractivity contribution >= 4 is 11.8 Å². The molecule has 2 rings (SSSR count). The normalized spacial score (nSPS) is 9.90. The summed E-state index contributed by atoms with van der Waals surface area (Å²) >= 11 is 1.80. The molecule has 0 aliphatic heterocycles. The molecule has 0 aliphatic carbocycles. The summed E-state index contributed by atoms with van der Waals surface area (Å²) in [6.07, 6.45) is 1.70. The van der Waals surface area contributed by atoms with Gasteiger partial charge in [0.25, 0.3) is 0 Å². The molecule has 0 atom stereocenters. The standard InChI is InChI=1S/C16H17NO2S/c1-18-16-7-6-13(10-14(16)4-2-8-17)11-20-12-15-5-3-9-19-15/h3,5-7,9-10H,8,11-12,17H2,1H3. The predicted molar refractivity (Wildman–Crippen MR) is 82.6 cm³/mol. The van der Waals surface area contributed by atoms with Gasteiger partial charge in [0.05, 0.1) is 31.2 Å². The van der Waals surface area contributed by atoms with Crippen LogP contribution >= 0.6 is 11.8 Å². The van der Waals surface area contributed by atoms with Crippen LogP contribution in [-0.2, 0) is 11.5 Å². The van der Waals surface area contributed by atoms with E-state index in [2.05, 4.69) is 24.0 Å². The summed E-state index contributed by atoms with van der Waals surface area (Å²) in [6.45, 7) is 0.348. The fraction of sp³-hybridized carbons (Fsp3) is 0.250. The molecule has 0 spiro atoms. The summed E-state index contributed by atoms with van der Waals surface area (Å²) in [7, 11) is 1.65. The molecule has 0 unspecified atom stereocenters. The van der Waals surface area contributed by atoms with Gasteiger partial charge in [-0.3, -0.25) is 0 Å². The summed E-state index contributed by atoms with van der Waals surface area (Å²) in [5.74, 6) is 9.45. The molecule has 0 saturated carbocycles. The first-order valence-corrected chi connectivity index (χ1v) is 7.45. The smallest absolute Gasteiger partial charge is 0.134 e. The first-order chi connectivity index (χ1) is 9.83. The van der Waals surface area contributed by atoms with Crippen molar-refractivity contribution in [1.29, 1.82) is 0 Å². The van der Waals surface area contributed by atoms with Gasteiger partial charge in [0.1, 0.15) is 11.5 Å². The van der Waals surface area contributed by atoms with Crippen LogP contribution in [0.15, 0.2) is 41.0 Å². The van der Waals surface area contributed by atoms with Crippen molar-refractivity contribution in [1.82, 2.24) is 0 Å². The molecule has 4 heteroatoms. The number of ether oxygens (including phenoxy) is 1. The van der Waals surface area contributed by atoms with Crippen LogP contribution in [0, 0.1) is 11.8 Å². The van der Waals surface area contributed by atoms with E-state index >= 15 is 0 Å². The molecule has 0 saturated heterocycles. The first-order valence-electron chi connectivity index (χ1n) is 6.29. The minimum absolute atomic E-state index is 0.348. The number of hydrogen-bond acceptors (Lipinski definition) is 4. The summed E-state index contributed by atoms with van der Waals surface area (Å²) in [4.78, 5) is 0. The van der Waals surface area contributed by atoms with Gasteiger partial charge in [-0.1, -0.05) is 17.9 Å². The largest absolute Gasteiger partial charge is 0.495 e. The van der Waals surface area contributed by atoms with Gasteiger partial charge in [-0.05, 0) is 29.8 Å². The fourth-order valence-corrected chi connectivity index (χ4v) is 2.64. The summed E-state index contributed by atoms with van der Waals surface area (Å²) in [5, 5.41) is 0. The zero-order valence-electron chi connectivity index (χ0n) is 11.4. The van der Waals surface area contributed by atoms with Crippen LogP contribution in [0.5, 0.6) is 5.75 Å². The van der Waals surface area contributed by atoms with Gasteiger partial charge >= 0.3 is 0 Å². The minimum Gasteiger partial charge on any atom is -0.495 e. The Bertz CT molecular complexity index is 597. The molecule has 0 radical (unpaired) electrons. The van der Waals surface area contributed by atoms with E-state index in [9.17, 15) is 0 Å². The highest BCUT2D eigenvalue weighted by Crippen LogP contribution is 2.23. The molecule has 20 heavy (non-hydrogen) atoms. The van der Waals surface area contributed by atoms with Gasteiger partial charge < -0.3 is 14.9 Å². The Labute approximate surface area is 123 Å². The maximum atomic E-state index is 5.41. The molecule has 0 bridgehead atoms. The number of rotatable bonds is 5. The van der Waals surface area contributed by atoms with E-state index < -0.39 is 0 Å². The molecular weight excluding hydrogens is 270 g/mol. The zero-order chi connectivity index (χ0) is 14.2. The molecule has 1 heterocycles. The van der Waals surface area contributed by atoms with Gasteiger partial charge in [-0.15, -0.1) is 11.8 Å². The Balaban J connectivity index is 2.01. The van der Waals surface area contributed by atoms with Gasteiger partial charge in [-0.2, -0.15) is 0 Å². The lowest BCUT2D eigenvalue weighted by Crippen LogP contribution is -1.94. The van der Waals surface area contributed by atoms with Crippen LogP contribution in [0.25, 0.3) is 0 Å². The van der Waals surface area contributed by atoms with E-state index in [1.807, 2.05) is 18.2 Å².